The minimum atomic E-state index is -0.573. The minimum absolute atomic E-state index is 0. The van der Waals surface area contributed by atoms with Gasteiger partial charge in [-0.15, -0.1) is 36.2 Å². The highest BCUT2D eigenvalue weighted by atomic mass is 35.5. The standard InChI is InChI=1S/C8H6Cl2N4O2S3.2ClH/c9-1-2(10)4(6(16)19-8(13)14)17-3(1)5(15)18-7(11)12;;/h(H3,11,12)(H3,13,14);2*1H. The third kappa shape index (κ3) is 6.23. The number of nitrogens with one attached hydrogen (secondary N) is 2. The second-order valence-corrected chi connectivity index (χ2v) is 6.70. The Bertz CT molecular complexity index is 544. The van der Waals surface area contributed by atoms with Crippen LogP contribution in [0.2, 0.25) is 10.0 Å². The normalized spacial score (nSPS) is 9.24. The molecule has 6 N–H and O–H groups in total. The maximum absolute atomic E-state index is 11.7. The van der Waals surface area contributed by atoms with E-state index in [1.165, 1.54) is 0 Å². The van der Waals surface area contributed by atoms with E-state index in [4.69, 9.17) is 45.5 Å². The number of carbonyl (C=O) groups is 2. The van der Waals surface area contributed by atoms with Crippen molar-refractivity contribution in [3.8, 4) is 0 Å². The quantitative estimate of drug-likeness (QED) is 0.420. The molecule has 6 nitrogen and oxygen atoms in total. The van der Waals surface area contributed by atoms with Crippen LogP contribution in [-0.2, 0) is 0 Å². The van der Waals surface area contributed by atoms with Crippen molar-refractivity contribution in [2.45, 2.75) is 0 Å². The molecular formula is C8H8Cl4N4O2S3. The lowest BCUT2D eigenvalue weighted by Gasteiger charge is -1.95. The van der Waals surface area contributed by atoms with Crippen molar-refractivity contribution >= 4 is 103 Å². The first-order chi connectivity index (χ1) is 8.73. The minimum Gasteiger partial charge on any atom is -0.378 e. The number of thioether (sulfide) groups is 2. The number of nitrogens with two attached hydrogens (primary N) is 2. The molecule has 0 aliphatic rings. The van der Waals surface area contributed by atoms with Gasteiger partial charge in [0.25, 0.3) is 0 Å². The molecule has 0 atom stereocenters. The van der Waals surface area contributed by atoms with E-state index in [1.807, 2.05) is 0 Å². The first-order valence-corrected chi connectivity index (χ1v) is 7.54. The topological polar surface area (TPSA) is 134 Å². The molecule has 1 heterocycles. The predicted octanol–water partition coefficient (Wildman–Crippen LogP) is 3.43. The molecule has 0 aliphatic carbocycles. The van der Waals surface area contributed by atoms with Crippen molar-refractivity contribution in [3.63, 3.8) is 0 Å². The summed E-state index contributed by atoms with van der Waals surface area (Å²) in [5.74, 6) is 0. The van der Waals surface area contributed by atoms with Crippen molar-refractivity contribution in [2.75, 3.05) is 0 Å². The van der Waals surface area contributed by atoms with E-state index in [2.05, 4.69) is 0 Å². The van der Waals surface area contributed by atoms with Gasteiger partial charge >= 0.3 is 0 Å². The summed E-state index contributed by atoms with van der Waals surface area (Å²) in [6.45, 7) is 0. The van der Waals surface area contributed by atoms with Crippen LogP contribution in [0.3, 0.4) is 0 Å². The average Bonchev–Trinajstić information content (AvgIpc) is 2.54. The largest absolute Gasteiger partial charge is 0.378 e. The molecule has 0 aliphatic heterocycles. The maximum atomic E-state index is 11.7. The van der Waals surface area contributed by atoms with Gasteiger partial charge in [0.05, 0.1) is 10.0 Å². The van der Waals surface area contributed by atoms with Gasteiger partial charge in [-0.3, -0.25) is 20.4 Å². The lowest BCUT2D eigenvalue weighted by Crippen LogP contribution is -2.08. The van der Waals surface area contributed by atoms with Gasteiger partial charge in [-0.2, -0.15) is 0 Å². The van der Waals surface area contributed by atoms with Crippen LogP contribution >= 0.6 is 82.9 Å². The van der Waals surface area contributed by atoms with E-state index in [1.54, 1.807) is 0 Å². The Labute approximate surface area is 154 Å². The Kier molecular flexibility index (Phi) is 10.8. The van der Waals surface area contributed by atoms with Gasteiger partial charge in [0.1, 0.15) is 9.75 Å². The summed E-state index contributed by atoms with van der Waals surface area (Å²) in [5, 5.41) is 12.0. The molecule has 0 aromatic carbocycles. The van der Waals surface area contributed by atoms with Crippen LogP contribution in [0.4, 0.5) is 0 Å². The van der Waals surface area contributed by atoms with Crippen LogP contribution < -0.4 is 11.5 Å². The lowest BCUT2D eigenvalue weighted by molar-refractivity contribution is 0.108. The maximum Gasteiger partial charge on any atom is 0.238 e. The van der Waals surface area contributed by atoms with Crippen LogP contribution in [0.15, 0.2) is 0 Å². The average molecular weight is 430 g/mol. The van der Waals surface area contributed by atoms with Crippen molar-refractivity contribution in [1.82, 2.24) is 0 Å². The van der Waals surface area contributed by atoms with Crippen molar-refractivity contribution < 1.29 is 9.59 Å². The molecule has 13 heteroatoms. The summed E-state index contributed by atoms with van der Waals surface area (Å²) in [6.07, 6.45) is 0. The zero-order chi connectivity index (χ0) is 14.7. The summed E-state index contributed by atoms with van der Waals surface area (Å²) in [5.41, 5.74) is 10.2. The third-order valence-electron chi connectivity index (χ3n) is 1.57. The second-order valence-electron chi connectivity index (χ2n) is 2.90. The van der Waals surface area contributed by atoms with Gasteiger partial charge < -0.3 is 11.5 Å². The van der Waals surface area contributed by atoms with Crippen molar-refractivity contribution in [3.05, 3.63) is 19.8 Å². The molecule has 0 fully saturated rings. The Balaban J connectivity index is 0. The van der Waals surface area contributed by atoms with Crippen LogP contribution in [0.5, 0.6) is 0 Å². The summed E-state index contributed by atoms with van der Waals surface area (Å²) in [4.78, 5) is 23.5. The second kappa shape index (κ2) is 9.78. The van der Waals surface area contributed by atoms with Gasteiger partial charge in [0.2, 0.25) is 10.2 Å². The monoisotopic (exact) mass is 428 g/mol. The fourth-order valence-electron chi connectivity index (χ4n) is 0.946. The molecule has 0 radical (unpaired) electrons. The Morgan fingerprint density at radius 3 is 1.43 bits per heavy atom. The van der Waals surface area contributed by atoms with Gasteiger partial charge in [-0.25, -0.2) is 0 Å². The Morgan fingerprint density at radius 1 is 0.905 bits per heavy atom. The molecule has 0 unspecified atom stereocenters. The molecule has 0 saturated carbocycles. The number of amidine groups is 2. The molecule has 0 saturated heterocycles. The summed E-state index contributed by atoms with van der Waals surface area (Å²) >= 11 is 13.4. The predicted molar refractivity (Wildman–Crippen MR) is 96.5 cm³/mol. The van der Waals surface area contributed by atoms with Crippen LogP contribution in [0, 0.1) is 10.8 Å². The summed E-state index contributed by atoms with van der Waals surface area (Å²) < 4.78 is 0. The SMILES string of the molecule is Cl.Cl.N=C(N)SC(=O)c1sc(C(=O)SC(=N)N)c(Cl)c1Cl. The summed E-state index contributed by atoms with van der Waals surface area (Å²) in [7, 11) is 0. The molecule has 118 valence electrons. The number of halogens is 4. The molecule has 0 bridgehead atoms. The molecule has 1 rings (SSSR count). The van der Waals surface area contributed by atoms with Crippen LogP contribution in [0.25, 0.3) is 0 Å². The van der Waals surface area contributed by atoms with E-state index in [0.29, 0.717) is 23.5 Å². The highest BCUT2D eigenvalue weighted by Gasteiger charge is 2.25. The van der Waals surface area contributed by atoms with Crippen LogP contribution in [-0.4, -0.2) is 20.6 Å². The van der Waals surface area contributed by atoms with Gasteiger partial charge in [0, 0.05) is 0 Å². The highest BCUT2D eigenvalue weighted by Crippen LogP contribution is 2.40. The molecule has 1 aromatic rings. The first-order valence-electron chi connectivity index (χ1n) is 4.34. The number of hydrogen-bond acceptors (Lipinski definition) is 7. The Morgan fingerprint density at radius 2 is 1.19 bits per heavy atom. The molecule has 21 heavy (non-hydrogen) atoms. The van der Waals surface area contributed by atoms with Crippen molar-refractivity contribution in [2.24, 2.45) is 11.5 Å². The van der Waals surface area contributed by atoms with Crippen LogP contribution in [0.1, 0.15) is 19.3 Å². The van der Waals surface area contributed by atoms with Gasteiger partial charge in [-0.1, -0.05) is 23.2 Å². The number of carbonyl (C=O) groups excluding carboxylic acids is 2. The van der Waals surface area contributed by atoms with E-state index < -0.39 is 20.6 Å². The molecule has 0 amide bonds. The molecule has 0 spiro atoms. The number of thiophene rings is 1. The van der Waals surface area contributed by atoms with Crippen molar-refractivity contribution in [1.29, 1.82) is 10.8 Å². The van der Waals surface area contributed by atoms with E-state index in [-0.39, 0.29) is 44.6 Å². The smallest absolute Gasteiger partial charge is 0.238 e. The Hall–Kier alpha value is -0.160. The number of hydrogen-bond donors (Lipinski definition) is 4. The van der Waals surface area contributed by atoms with E-state index >= 15 is 0 Å². The van der Waals surface area contributed by atoms with E-state index in [0.717, 1.165) is 11.3 Å². The van der Waals surface area contributed by atoms with Gasteiger partial charge in [-0.05, 0) is 23.5 Å². The molecular weight excluding hydrogens is 422 g/mol. The fraction of sp³-hybridized carbons (Fsp3) is 0. The zero-order valence-corrected chi connectivity index (χ0v) is 15.4. The highest BCUT2D eigenvalue weighted by molar-refractivity contribution is 8.27. The fourth-order valence-corrected chi connectivity index (χ4v) is 3.81. The summed E-state index contributed by atoms with van der Waals surface area (Å²) in [6, 6.07) is 0. The zero-order valence-electron chi connectivity index (χ0n) is 9.77. The van der Waals surface area contributed by atoms with E-state index in [9.17, 15) is 9.59 Å². The molecule has 1 aromatic heterocycles. The first kappa shape index (κ1) is 23.1. The van der Waals surface area contributed by atoms with Gasteiger partial charge in [0.15, 0.2) is 10.3 Å². The third-order valence-corrected chi connectivity index (χ3v) is 5.31. The number of rotatable bonds is 2. The lowest BCUT2D eigenvalue weighted by atomic mass is 10.4.